The first kappa shape index (κ1) is 21.6. The molecule has 0 saturated carbocycles. The third-order valence-electron chi connectivity index (χ3n) is 5.30. The fourth-order valence-corrected chi connectivity index (χ4v) is 3.55. The van der Waals surface area contributed by atoms with Crippen molar-refractivity contribution in [2.45, 2.75) is 19.8 Å². The second-order valence-electron chi connectivity index (χ2n) is 7.38. The van der Waals surface area contributed by atoms with Crippen molar-refractivity contribution in [2.75, 3.05) is 45.2 Å². The van der Waals surface area contributed by atoms with Crippen LogP contribution in [-0.2, 0) is 17.6 Å². The van der Waals surface area contributed by atoms with Gasteiger partial charge in [0.15, 0.2) is 0 Å². The molecule has 158 valence electrons. The smallest absolute Gasteiger partial charge is 0.225 e. The number of rotatable bonds is 7. The van der Waals surface area contributed by atoms with Gasteiger partial charge in [0.2, 0.25) is 5.95 Å². The molecule has 0 bridgehead atoms. The van der Waals surface area contributed by atoms with Gasteiger partial charge in [0, 0.05) is 51.2 Å². The summed E-state index contributed by atoms with van der Waals surface area (Å²) in [5.74, 6) is 2.52. The topological polar surface area (TPSA) is 53.9 Å². The van der Waals surface area contributed by atoms with E-state index >= 15 is 0 Å². The van der Waals surface area contributed by atoms with E-state index in [2.05, 4.69) is 55.6 Å². The Morgan fingerprint density at radius 1 is 1.07 bits per heavy atom. The number of aryl methyl sites for hydroxylation is 2. The molecule has 3 rings (SSSR count). The van der Waals surface area contributed by atoms with Crippen LogP contribution in [0.3, 0.4) is 0 Å². The molecule has 0 atom stereocenters. The van der Waals surface area contributed by atoms with E-state index in [-0.39, 0.29) is 0 Å². The lowest BCUT2D eigenvalue weighted by atomic mass is 10.1. The van der Waals surface area contributed by atoms with E-state index in [1.54, 1.807) is 14.2 Å². The van der Waals surface area contributed by atoms with Crippen LogP contribution >= 0.6 is 0 Å². The number of anilines is 1. The Morgan fingerprint density at radius 3 is 2.30 bits per heavy atom. The van der Waals surface area contributed by atoms with Crippen LogP contribution < -0.4 is 4.90 Å². The molecule has 0 unspecified atom stereocenters. The summed E-state index contributed by atoms with van der Waals surface area (Å²) in [5, 5.41) is 0. The molecule has 0 N–H and O–H groups in total. The van der Waals surface area contributed by atoms with E-state index < -0.39 is 0 Å². The number of aromatic nitrogens is 2. The summed E-state index contributed by atoms with van der Waals surface area (Å²) in [6.07, 6.45) is 7.78. The highest BCUT2D eigenvalue weighted by molar-refractivity contribution is 6.00. The molecule has 6 nitrogen and oxygen atoms in total. The number of benzene rings is 1. The zero-order valence-electron chi connectivity index (χ0n) is 18.2. The number of allylic oxidation sites excluding steroid dienone is 1. The van der Waals surface area contributed by atoms with Crippen LogP contribution in [-0.4, -0.2) is 61.0 Å². The van der Waals surface area contributed by atoms with E-state index in [0.717, 1.165) is 62.1 Å². The largest absolute Gasteiger partial charge is 0.501 e. The highest BCUT2D eigenvalue weighted by Crippen LogP contribution is 2.15. The average molecular weight is 406 g/mol. The molecule has 1 saturated heterocycles. The van der Waals surface area contributed by atoms with Gasteiger partial charge >= 0.3 is 0 Å². The summed E-state index contributed by atoms with van der Waals surface area (Å²) in [4.78, 5) is 18.2. The molecule has 1 fully saturated rings. The molecule has 0 radical (unpaired) electrons. The van der Waals surface area contributed by atoms with Crippen molar-refractivity contribution in [1.82, 2.24) is 14.9 Å². The van der Waals surface area contributed by atoms with E-state index in [9.17, 15) is 0 Å². The molecule has 6 heteroatoms. The lowest BCUT2D eigenvalue weighted by molar-refractivity contribution is 0.293. The first-order valence-corrected chi connectivity index (χ1v) is 10.3. The number of hydrogen-bond acceptors (Lipinski definition) is 5. The van der Waals surface area contributed by atoms with Crippen molar-refractivity contribution < 1.29 is 4.74 Å². The lowest BCUT2D eigenvalue weighted by Crippen LogP contribution is -2.49. The maximum absolute atomic E-state index is 5.23. The summed E-state index contributed by atoms with van der Waals surface area (Å²) >= 11 is 0. The molecule has 2 aromatic rings. The molecule has 1 aromatic heterocycles. The molecular formula is C24H31N5O. The van der Waals surface area contributed by atoms with Crippen molar-refractivity contribution in [3.8, 4) is 0 Å². The summed E-state index contributed by atoms with van der Waals surface area (Å²) in [7, 11) is 3.47. The fraction of sp³-hybridized carbons (Fsp3) is 0.375. The van der Waals surface area contributed by atoms with Crippen LogP contribution in [0.25, 0.3) is 0 Å². The van der Waals surface area contributed by atoms with Gasteiger partial charge in [0.25, 0.3) is 0 Å². The standard InChI is InChI=1S/C24H31N5O/c1-19(16-20(2)30-4)23(25-3)28-12-14-29(15-13-28)24-26-17-22(18-27-24)11-10-21-8-6-5-7-9-21/h5-9,16-18H,1,10-15H2,2-4H3/b20-16+,25-23?. The minimum absolute atomic E-state index is 0.794. The third kappa shape index (κ3) is 5.69. The van der Waals surface area contributed by atoms with Crippen LogP contribution in [0.15, 0.2) is 71.7 Å². The monoisotopic (exact) mass is 405 g/mol. The minimum atomic E-state index is 0.794. The number of nitrogens with zero attached hydrogens (tertiary/aromatic N) is 5. The first-order valence-electron chi connectivity index (χ1n) is 10.3. The number of methoxy groups -OCH3 is 1. The zero-order valence-corrected chi connectivity index (χ0v) is 18.2. The molecule has 1 aliphatic rings. The number of hydrogen-bond donors (Lipinski definition) is 0. The molecular weight excluding hydrogens is 374 g/mol. The number of ether oxygens (including phenoxy) is 1. The third-order valence-corrected chi connectivity index (χ3v) is 5.30. The van der Waals surface area contributed by atoms with Gasteiger partial charge in [-0.1, -0.05) is 36.9 Å². The first-order chi connectivity index (χ1) is 14.6. The maximum atomic E-state index is 5.23. The number of aliphatic imine (C=N–C) groups is 1. The van der Waals surface area contributed by atoms with Gasteiger partial charge < -0.3 is 14.5 Å². The van der Waals surface area contributed by atoms with Gasteiger partial charge in [-0.05, 0) is 37.0 Å². The van der Waals surface area contributed by atoms with Gasteiger partial charge in [-0.3, -0.25) is 4.99 Å². The molecule has 0 spiro atoms. The highest BCUT2D eigenvalue weighted by Gasteiger charge is 2.22. The quantitative estimate of drug-likeness (QED) is 0.305. The van der Waals surface area contributed by atoms with Crippen LogP contribution in [0.2, 0.25) is 0 Å². The van der Waals surface area contributed by atoms with Crippen LogP contribution in [0, 0.1) is 0 Å². The predicted octanol–water partition coefficient (Wildman–Crippen LogP) is 3.52. The van der Waals surface area contributed by atoms with Crippen molar-refractivity contribution in [2.24, 2.45) is 4.99 Å². The van der Waals surface area contributed by atoms with Crippen LogP contribution in [0.4, 0.5) is 5.95 Å². The predicted molar refractivity (Wildman–Crippen MR) is 123 cm³/mol. The van der Waals surface area contributed by atoms with Crippen molar-refractivity contribution in [3.05, 3.63) is 77.8 Å². The lowest BCUT2D eigenvalue weighted by Gasteiger charge is -2.36. The van der Waals surface area contributed by atoms with Gasteiger partial charge in [-0.25, -0.2) is 9.97 Å². The van der Waals surface area contributed by atoms with Crippen LogP contribution in [0.1, 0.15) is 18.1 Å². The second-order valence-corrected chi connectivity index (χ2v) is 7.38. The molecule has 1 aliphatic heterocycles. The molecule has 1 aromatic carbocycles. The highest BCUT2D eigenvalue weighted by atomic mass is 16.5. The Morgan fingerprint density at radius 2 is 1.70 bits per heavy atom. The Labute approximate surface area is 179 Å². The maximum Gasteiger partial charge on any atom is 0.225 e. The van der Waals surface area contributed by atoms with Crippen molar-refractivity contribution >= 4 is 11.8 Å². The van der Waals surface area contributed by atoms with Crippen LogP contribution in [0.5, 0.6) is 0 Å². The minimum Gasteiger partial charge on any atom is -0.501 e. The summed E-state index contributed by atoms with van der Waals surface area (Å²) in [5.41, 5.74) is 3.37. The van der Waals surface area contributed by atoms with Crippen molar-refractivity contribution in [1.29, 1.82) is 0 Å². The number of amidine groups is 1. The fourth-order valence-electron chi connectivity index (χ4n) is 3.55. The summed E-state index contributed by atoms with van der Waals surface area (Å²) < 4.78 is 5.23. The van der Waals surface area contributed by atoms with Gasteiger partial charge in [0.1, 0.15) is 5.84 Å². The van der Waals surface area contributed by atoms with Gasteiger partial charge in [0.05, 0.1) is 12.9 Å². The van der Waals surface area contributed by atoms with E-state index in [1.807, 2.05) is 31.5 Å². The molecule has 0 aliphatic carbocycles. The molecule has 0 amide bonds. The normalized spacial score (nSPS) is 15.3. The Hall–Kier alpha value is -3.15. The van der Waals surface area contributed by atoms with E-state index in [1.165, 1.54) is 11.1 Å². The van der Waals surface area contributed by atoms with Crippen molar-refractivity contribution in [3.63, 3.8) is 0 Å². The zero-order chi connectivity index (χ0) is 21.3. The Bertz CT molecular complexity index is 882. The summed E-state index contributed by atoms with van der Waals surface area (Å²) in [6.45, 7) is 9.47. The molecule has 2 heterocycles. The molecule has 30 heavy (non-hydrogen) atoms. The second kappa shape index (κ2) is 10.6. The Balaban J connectivity index is 1.53. The SMILES string of the molecule is C=C(/C=C(\C)OC)C(=NC)N1CCN(c2ncc(CCc3ccccc3)cn2)CC1. The Kier molecular flexibility index (Phi) is 7.60. The average Bonchev–Trinajstić information content (AvgIpc) is 2.79. The number of piperazine rings is 1. The van der Waals surface area contributed by atoms with Gasteiger partial charge in [-0.15, -0.1) is 0 Å². The van der Waals surface area contributed by atoms with E-state index in [4.69, 9.17) is 4.74 Å². The van der Waals surface area contributed by atoms with E-state index in [0.29, 0.717) is 0 Å². The van der Waals surface area contributed by atoms with Gasteiger partial charge in [-0.2, -0.15) is 0 Å². The summed E-state index contributed by atoms with van der Waals surface area (Å²) in [6, 6.07) is 10.5.